The van der Waals surface area contributed by atoms with Crippen LogP contribution >= 0.6 is 0 Å². The molecule has 2 aromatic carbocycles. The number of aryl methyl sites for hydroxylation is 1. The first kappa shape index (κ1) is 17.8. The number of hydrogen-bond acceptors (Lipinski definition) is 5. The molecule has 0 bridgehead atoms. The zero-order chi connectivity index (χ0) is 19.0. The molecule has 0 saturated carbocycles. The van der Waals surface area contributed by atoms with Gasteiger partial charge in [-0.05, 0) is 31.2 Å². The molecule has 4 rings (SSSR count). The highest BCUT2D eigenvalue weighted by Gasteiger charge is 2.34. The summed E-state index contributed by atoms with van der Waals surface area (Å²) in [6, 6.07) is 11.6. The largest absolute Gasteiger partial charge is 0.486 e. The second-order valence-electron chi connectivity index (χ2n) is 6.67. The number of carbonyl (C=O) groups excluding carboxylic acids is 1. The maximum atomic E-state index is 12.7. The summed E-state index contributed by atoms with van der Waals surface area (Å²) < 4.78 is 39.0. The van der Waals surface area contributed by atoms with Crippen LogP contribution in [-0.2, 0) is 14.8 Å². The lowest BCUT2D eigenvalue weighted by Crippen LogP contribution is -2.37. The Hall–Kier alpha value is -2.58. The first-order valence-corrected chi connectivity index (χ1v) is 10.2. The molecule has 2 aliphatic rings. The van der Waals surface area contributed by atoms with Crippen LogP contribution < -0.4 is 19.1 Å². The van der Waals surface area contributed by atoms with Crippen molar-refractivity contribution in [2.75, 3.05) is 24.7 Å². The van der Waals surface area contributed by atoms with Gasteiger partial charge >= 0.3 is 0 Å². The van der Waals surface area contributed by atoms with Crippen molar-refractivity contribution in [3.8, 4) is 11.5 Å². The molecule has 2 aromatic rings. The fourth-order valence-electron chi connectivity index (χ4n) is 3.24. The Morgan fingerprint density at radius 3 is 2.48 bits per heavy atom. The lowest BCUT2D eigenvalue weighted by Gasteiger charge is -2.20. The van der Waals surface area contributed by atoms with E-state index in [1.165, 1.54) is 12.1 Å². The summed E-state index contributed by atoms with van der Waals surface area (Å²) in [5, 5.41) is 0. The smallest absolute Gasteiger partial charge is 0.241 e. The molecule has 2 aliphatic heterocycles. The molecule has 0 radical (unpaired) electrons. The summed E-state index contributed by atoms with van der Waals surface area (Å²) >= 11 is 0. The zero-order valence-electron chi connectivity index (χ0n) is 14.8. The monoisotopic (exact) mass is 388 g/mol. The van der Waals surface area contributed by atoms with E-state index in [9.17, 15) is 13.2 Å². The highest BCUT2D eigenvalue weighted by molar-refractivity contribution is 7.89. The molecule has 142 valence electrons. The van der Waals surface area contributed by atoms with E-state index >= 15 is 0 Å². The normalized spacial score (nSPS) is 19.4. The Bertz CT molecular complexity index is 972. The van der Waals surface area contributed by atoms with Crippen LogP contribution in [0.1, 0.15) is 12.0 Å². The summed E-state index contributed by atoms with van der Waals surface area (Å²) in [5.74, 6) is 0.837. The molecule has 8 heteroatoms. The number of ether oxygens (including phenoxy) is 2. The van der Waals surface area contributed by atoms with Gasteiger partial charge in [0.2, 0.25) is 15.9 Å². The minimum Gasteiger partial charge on any atom is -0.486 e. The third-order valence-electron chi connectivity index (χ3n) is 4.62. The van der Waals surface area contributed by atoms with Crippen LogP contribution in [0.15, 0.2) is 47.4 Å². The van der Waals surface area contributed by atoms with Gasteiger partial charge in [0, 0.05) is 30.8 Å². The molecule has 1 atom stereocenters. The number of nitrogens with one attached hydrogen (secondary N) is 1. The number of anilines is 1. The van der Waals surface area contributed by atoms with Crippen LogP contribution in [0, 0.1) is 6.92 Å². The third-order valence-corrected chi connectivity index (χ3v) is 6.13. The molecule has 0 aliphatic carbocycles. The van der Waals surface area contributed by atoms with Crippen LogP contribution in [-0.4, -0.2) is 40.1 Å². The standard InChI is InChI=1S/C19H20N2O5S/c1-13-2-4-15(5-3-13)21-12-14(10-19(21)22)20-27(23,24)16-6-7-17-18(11-16)26-9-8-25-17/h2-7,11,14,20H,8-10,12H2,1H3. The predicted octanol–water partition coefficient (Wildman–Crippen LogP) is 1.85. The summed E-state index contributed by atoms with van der Waals surface area (Å²) in [6.07, 6.45) is 0.123. The number of amides is 1. The van der Waals surface area contributed by atoms with Crippen LogP contribution in [0.2, 0.25) is 0 Å². The molecule has 2 heterocycles. The lowest BCUT2D eigenvalue weighted by atomic mass is 10.2. The molecule has 1 saturated heterocycles. The Labute approximate surface area is 157 Å². The van der Waals surface area contributed by atoms with E-state index in [4.69, 9.17) is 9.47 Å². The molecular weight excluding hydrogens is 368 g/mol. The Morgan fingerprint density at radius 1 is 1.04 bits per heavy atom. The third kappa shape index (κ3) is 3.63. The van der Waals surface area contributed by atoms with E-state index in [2.05, 4.69) is 4.72 Å². The molecule has 0 aromatic heterocycles. The molecule has 1 N–H and O–H groups in total. The molecule has 1 fully saturated rings. The quantitative estimate of drug-likeness (QED) is 0.864. The fourth-order valence-corrected chi connectivity index (χ4v) is 4.48. The Morgan fingerprint density at radius 2 is 1.74 bits per heavy atom. The number of nitrogens with zero attached hydrogens (tertiary/aromatic N) is 1. The van der Waals surface area contributed by atoms with Crippen molar-refractivity contribution in [2.24, 2.45) is 0 Å². The van der Waals surface area contributed by atoms with Gasteiger partial charge in [0.15, 0.2) is 11.5 Å². The first-order valence-electron chi connectivity index (χ1n) is 8.71. The molecule has 0 spiro atoms. The van der Waals surface area contributed by atoms with Gasteiger partial charge < -0.3 is 14.4 Å². The average molecular weight is 388 g/mol. The van der Waals surface area contributed by atoms with E-state index in [1.54, 1.807) is 11.0 Å². The van der Waals surface area contributed by atoms with Crippen molar-refractivity contribution in [3.05, 3.63) is 48.0 Å². The van der Waals surface area contributed by atoms with Crippen molar-refractivity contribution in [2.45, 2.75) is 24.3 Å². The second kappa shape index (κ2) is 6.86. The minimum absolute atomic E-state index is 0.0907. The van der Waals surface area contributed by atoms with Crippen molar-refractivity contribution in [1.82, 2.24) is 4.72 Å². The molecule has 7 nitrogen and oxygen atoms in total. The van der Waals surface area contributed by atoms with Crippen molar-refractivity contribution >= 4 is 21.6 Å². The van der Waals surface area contributed by atoms with Gasteiger partial charge in [0.05, 0.1) is 4.90 Å². The Kier molecular flexibility index (Phi) is 4.53. The molecular formula is C19H20N2O5S. The maximum Gasteiger partial charge on any atom is 0.241 e. The van der Waals surface area contributed by atoms with Crippen molar-refractivity contribution in [3.63, 3.8) is 0 Å². The van der Waals surface area contributed by atoms with Gasteiger partial charge in [0.25, 0.3) is 0 Å². The van der Waals surface area contributed by atoms with Crippen LogP contribution in [0.25, 0.3) is 0 Å². The van der Waals surface area contributed by atoms with Crippen molar-refractivity contribution in [1.29, 1.82) is 0 Å². The Balaban J connectivity index is 1.50. The number of fused-ring (bicyclic) bond motifs is 1. The highest BCUT2D eigenvalue weighted by atomic mass is 32.2. The van der Waals surface area contributed by atoms with Gasteiger partial charge in [-0.3, -0.25) is 4.79 Å². The number of rotatable bonds is 4. The minimum atomic E-state index is -3.78. The number of carbonyl (C=O) groups is 1. The van der Waals surface area contributed by atoms with Gasteiger partial charge in [-0.2, -0.15) is 0 Å². The van der Waals surface area contributed by atoms with Crippen LogP contribution in [0.3, 0.4) is 0 Å². The van der Waals surface area contributed by atoms with E-state index in [0.717, 1.165) is 11.3 Å². The first-order chi connectivity index (χ1) is 12.9. The van der Waals surface area contributed by atoms with Crippen LogP contribution in [0.4, 0.5) is 5.69 Å². The molecule has 1 unspecified atom stereocenters. The van der Waals surface area contributed by atoms with Gasteiger partial charge in [-0.15, -0.1) is 0 Å². The summed E-state index contributed by atoms with van der Waals surface area (Å²) in [7, 11) is -3.78. The zero-order valence-corrected chi connectivity index (χ0v) is 15.7. The predicted molar refractivity (Wildman–Crippen MR) is 99.7 cm³/mol. The van der Waals surface area contributed by atoms with Gasteiger partial charge in [-0.1, -0.05) is 17.7 Å². The molecule has 27 heavy (non-hydrogen) atoms. The van der Waals surface area contributed by atoms with E-state index in [-0.39, 0.29) is 17.2 Å². The lowest BCUT2D eigenvalue weighted by molar-refractivity contribution is -0.117. The van der Waals surface area contributed by atoms with Crippen LogP contribution in [0.5, 0.6) is 11.5 Å². The summed E-state index contributed by atoms with van der Waals surface area (Å²) in [5.41, 5.74) is 1.87. The van der Waals surface area contributed by atoms with Gasteiger partial charge in [0.1, 0.15) is 13.2 Å². The summed E-state index contributed by atoms with van der Waals surface area (Å²) in [6.45, 7) is 3.09. The van der Waals surface area contributed by atoms with E-state index < -0.39 is 16.1 Å². The van der Waals surface area contributed by atoms with Crippen molar-refractivity contribution < 1.29 is 22.7 Å². The maximum absolute atomic E-state index is 12.7. The fraction of sp³-hybridized carbons (Fsp3) is 0.316. The second-order valence-corrected chi connectivity index (χ2v) is 8.38. The van der Waals surface area contributed by atoms with E-state index in [0.29, 0.717) is 31.3 Å². The van der Waals surface area contributed by atoms with E-state index in [1.807, 2.05) is 31.2 Å². The van der Waals surface area contributed by atoms with Gasteiger partial charge in [-0.25, -0.2) is 13.1 Å². The average Bonchev–Trinajstić information content (AvgIpc) is 3.01. The number of hydrogen-bond donors (Lipinski definition) is 1. The SMILES string of the molecule is Cc1ccc(N2CC(NS(=O)(=O)c3ccc4c(c3)OCCO4)CC2=O)cc1. The number of benzene rings is 2. The molecule has 1 amide bonds. The topological polar surface area (TPSA) is 84.9 Å². The summed E-state index contributed by atoms with van der Waals surface area (Å²) in [4.78, 5) is 14.0. The number of sulfonamides is 1. The highest BCUT2D eigenvalue weighted by Crippen LogP contribution is 2.32.